The highest BCUT2D eigenvalue weighted by Crippen LogP contribution is 2.60. The van der Waals surface area contributed by atoms with Gasteiger partial charge in [0.2, 0.25) is 17.6 Å². The Labute approximate surface area is 187 Å². The summed E-state index contributed by atoms with van der Waals surface area (Å²) in [6.45, 7) is -1.19. The summed E-state index contributed by atoms with van der Waals surface area (Å²) in [7, 11) is 0. The van der Waals surface area contributed by atoms with Crippen LogP contribution in [0.1, 0.15) is 16.8 Å². The molecule has 2 bridgehead atoms. The normalized spacial score (nSPS) is 31.7. The molecule has 11 heteroatoms. The third kappa shape index (κ3) is 3.37. The summed E-state index contributed by atoms with van der Waals surface area (Å²) in [5, 5.41) is 10.8. The van der Waals surface area contributed by atoms with Gasteiger partial charge >= 0.3 is 5.97 Å². The van der Waals surface area contributed by atoms with Crippen molar-refractivity contribution in [3.8, 4) is 0 Å². The molecular formula is C19H16Br2N2O7. The van der Waals surface area contributed by atoms with Gasteiger partial charge in [-0.25, -0.2) is 0 Å². The van der Waals surface area contributed by atoms with Crippen LogP contribution in [0.15, 0.2) is 24.3 Å². The van der Waals surface area contributed by atoms with Gasteiger partial charge in [-0.15, -0.1) is 0 Å². The molecular weight excluding hydrogens is 528 g/mol. The number of alkyl halides is 2. The van der Waals surface area contributed by atoms with Crippen LogP contribution >= 0.6 is 31.9 Å². The topological polar surface area (TPSA) is 124 Å². The number of carbonyl (C=O) groups is 4. The van der Waals surface area contributed by atoms with E-state index in [0.717, 1.165) is 17.4 Å². The van der Waals surface area contributed by atoms with Crippen molar-refractivity contribution < 1.29 is 28.8 Å². The minimum absolute atomic E-state index is 0.0307. The Hall–Kier alpha value is -2.14. The average Bonchev–Trinajstić information content (AvgIpc) is 3.33. The number of rotatable bonds is 6. The van der Waals surface area contributed by atoms with Gasteiger partial charge in [-0.2, -0.15) is 0 Å². The number of amides is 2. The first-order valence-electron chi connectivity index (χ1n) is 9.27. The molecule has 2 aliphatic carbocycles. The highest BCUT2D eigenvalue weighted by molar-refractivity contribution is 9.12. The second-order valence-corrected chi connectivity index (χ2v) is 9.77. The molecule has 1 saturated heterocycles. The summed E-state index contributed by atoms with van der Waals surface area (Å²) in [4.78, 5) is 61.2. The number of hydrogen-bond acceptors (Lipinski definition) is 7. The van der Waals surface area contributed by atoms with E-state index >= 15 is 0 Å². The molecule has 0 N–H and O–H groups in total. The fraction of sp³-hybridized carbons (Fsp3) is 0.474. The van der Waals surface area contributed by atoms with Crippen LogP contribution in [0.4, 0.5) is 5.69 Å². The second-order valence-electron chi connectivity index (χ2n) is 7.66. The Bertz CT molecular complexity index is 936. The van der Waals surface area contributed by atoms with E-state index in [1.165, 1.54) is 18.2 Å². The van der Waals surface area contributed by atoms with E-state index in [2.05, 4.69) is 31.9 Å². The molecule has 2 amide bonds. The monoisotopic (exact) mass is 542 g/mol. The number of imide groups is 1. The third-order valence-corrected chi connectivity index (χ3v) is 9.32. The van der Waals surface area contributed by atoms with E-state index in [-0.39, 0.29) is 44.6 Å². The smallest absolute Gasteiger partial charge is 0.326 e. The first-order valence-corrected chi connectivity index (χ1v) is 11.1. The summed E-state index contributed by atoms with van der Waals surface area (Å²) in [6, 6.07) is 5.07. The van der Waals surface area contributed by atoms with Crippen molar-refractivity contribution in [3.63, 3.8) is 0 Å². The molecule has 3 aliphatic rings. The summed E-state index contributed by atoms with van der Waals surface area (Å²) < 4.78 is 4.93. The zero-order valence-corrected chi connectivity index (χ0v) is 18.6. The molecule has 0 aromatic heterocycles. The van der Waals surface area contributed by atoms with Gasteiger partial charge in [0.25, 0.3) is 5.69 Å². The summed E-state index contributed by atoms with van der Waals surface area (Å²) in [5.74, 6) is -3.03. The van der Waals surface area contributed by atoms with Crippen LogP contribution in [0.5, 0.6) is 0 Å². The number of carbonyl (C=O) groups excluding carboxylic acids is 4. The van der Waals surface area contributed by atoms with Crippen LogP contribution in [-0.2, 0) is 19.1 Å². The first kappa shape index (κ1) is 21.1. The fourth-order valence-electron chi connectivity index (χ4n) is 4.76. The third-order valence-electron chi connectivity index (χ3n) is 6.11. The second kappa shape index (κ2) is 7.84. The van der Waals surface area contributed by atoms with Crippen molar-refractivity contribution in [2.45, 2.75) is 16.1 Å². The zero-order valence-electron chi connectivity index (χ0n) is 15.4. The number of nitro benzene ring substituents is 1. The molecule has 1 aromatic rings. The molecule has 0 unspecified atom stereocenters. The lowest BCUT2D eigenvalue weighted by molar-refractivity contribution is -0.384. The lowest BCUT2D eigenvalue weighted by Crippen LogP contribution is -2.38. The van der Waals surface area contributed by atoms with Crippen molar-refractivity contribution in [2.24, 2.45) is 23.7 Å². The van der Waals surface area contributed by atoms with Crippen molar-refractivity contribution in [3.05, 3.63) is 39.9 Å². The highest BCUT2D eigenvalue weighted by Gasteiger charge is 2.66. The number of benzene rings is 1. The Morgan fingerprint density at radius 3 is 2.30 bits per heavy atom. The van der Waals surface area contributed by atoms with Gasteiger partial charge in [-0.3, -0.25) is 34.2 Å². The zero-order chi connectivity index (χ0) is 21.7. The van der Waals surface area contributed by atoms with Crippen LogP contribution in [0.25, 0.3) is 0 Å². The van der Waals surface area contributed by atoms with Crippen LogP contribution < -0.4 is 0 Å². The minimum Gasteiger partial charge on any atom is -0.456 e. The summed E-state index contributed by atoms with van der Waals surface area (Å²) >= 11 is 7.18. The number of nitro groups is 1. The Morgan fingerprint density at radius 2 is 1.73 bits per heavy atom. The van der Waals surface area contributed by atoms with E-state index in [1.54, 1.807) is 0 Å². The number of fused-ring (bicyclic) bond motifs is 5. The molecule has 158 valence electrons. The molecule has 0 radical (unpaired) electrons. The van der Waals surface area contributed by atoms with E-state index in [1.807, 2.05) is 0 Å². The Balaban J connectivity index is 1.36. The van der Waals surface area contributed by atoms with Crippen LogP contribution in [0.2, 0.25) is 0 Å². The van der Waals surface area contributed by atoms with E-state index in [9.17, 15) is 29.3 Å². The number of nitrogens with zero attached hydrogens (tertiary/aromatic N) is 2. The molecule has 0 spiro atoms. The van der Waals surface area contributed by atoms with Crippen LogP contribution in [0, 0.1) is 33.8 Å². The Kier molecular flexibility index (Phi) is 5.52. The molecule has 1 aliphatic heterocycles. The maximum absolute atomic E-state index is 12.8. The SMILES string of the molecule is O=C(CN1C(=O)[C@@H]2[C@H]3C[C@H]([C@H](Br)[C@@H]3Br)[C@@H]2C1=O)OCC(=O)c1cccc([N+](=O)[O-])c1. The molecule has 1 aromatic carbocycles. The average molecular weight is 544 g/mol. The van der Waals surface area contributed by atoms with E-state index < -0.39 is 41.7 Å². The number of halogens is 2. The predicted molar refractivity (Wildman–Crippen MR) is 109 cm³/mol. The van der Waals surface area contributed by atoms with Gasteiger partial charge < -0.3 is 4.74 Å². The lowest BCUT2D eigenvalue weighted by atomic mass is 9.81. The lowest BCUT2D eigenvalue weighted by Gasteiger charge is -2.28. The number of Topliss-reactive ketones (excluding diaryl/α,β-unsaturated/α-hetero) is 1. The first-order chi connectivity index (χ1) is 14.2. The standard InChI is InChI=1S/C19H16Br2N2O7/c20-16-10-5-11(17(16)21)15-14(10)18(26)22(19(15)27)6-13(25)30-7-12(24)8-2-1-3-9(4-8)23(28)29/h1-4,10-11,14-17H,5-7H2/t10-,11+,14-,15+,16-,17+. The summed E-state index contributed by atoms with van der Waals surface area (Å²) in [5.41, 5.74) is -0.222. The van der Waals surface area contributed by atoms with Crippen molar-refractivity contribution in [2.75, 3.05) is 13.2 Å². The van der Waals surface area contributed by atoms with Gasteiger partial charge in [0, 0.05) is 27.4 Å². The number of esters is 1. The predicted octanol–water partition coefficient (Wildman–Crippen LogP) is 2.10. The molecule has 2 saturated carbocycles. The number of ketones is 1. The van der Waals surface area contributed by atoms with Gasteiger partial charge in [0.15, 0.2) is 6.61 Å². The molecule has 30 heavy (non-hydrogen) atoms. The van der Waals surface area contributed by atoms with Gasteiger partial charge in [0.1, 0.15) is 6.54 Å². The molecule has 3 fully saturated rings. The van der Waals surface area contributed by atoms with Crippen LogP contribution in [-0.4, -0.2) is 56.2 Å². The molecule has 9 nitrogen and oxygen atoms in total. The fourth-order valence-corrected chi connectivity index (χ4v) is 6.64. The number of hydrogen-bond donors (Lipinski definition) is 0. The Morgan fingerprint density at radius 1 is 1.13 bits per heavy atom. The molecule has 1 heterocycles. The van der Waals surface area contributed by atoms with Crippen LogP contribution in [0.3, 0.4) is 0 Å². The van der Waals surface area contributed by atoms with Crippen molar-refractivity contribution in [1.29, 1.82) is 0 Å². The van der Waals surface area contributed by atoms with Crippen molar-refractivity contribution in [1.82, 2.24) is 4.90 Å². The summed E-state index contributed by atoms with van der Waals surface area (Å²) in [6.07, 6.45) is 0.786. The maximum atomic E-state index is 12.8. The molecule has 4 rings (SSSR count). The number of ether oxygens (including phenoxy) is 1. The highest BCUT2D eigenvalue weighted by atomic mass is 79.9. The number of non-ortho nitro benzene ring substituents is 1. The van der Waals surface area contributed by atoms with Gasteiger partial charge in [-0.05, 0) is 18.3 Å². The van der Waals surface area contributed by atoms with Gasteiger partial charge in [-0.1, -0.05) is 44.0 Å². The van der Waals surface area contributed by atoms with Crippen molar-refractivity contribution >= 4 is 61.1 Å². The molecule has 6 atom stereocenters. The van der Waals surface area contributed by atoms with E-state index in [4.69, 9.17) is 4.74 Å². The van der Waals surface area contributed by atoms with Gasteiger partial charge in [0.05, 0.1) is 16.8 Å². The quantitative estimate of drug-likeness (QED) is 0.134. The number of likely N-dealkylation sites (tertiary alicyclic amines) is 1. The maximum Gasteiger partial charge on any atom is 0.326 e. The minimum atomic E-state index is -0.881. The largest absolute Gasteiger partial charge is 0.456 e. The van der Waals surface area contributed by atoms with E-state index in [0.29, 0.717) is 0 Å².